The maximum absolute atomic E-state index is 13.3. The molecular weight excluding hydrogens is 510 g/mol. The van der Waals surface area contributed by atoms with Gasteiger partial charge in [0.05, 0.1) is 17.7 Å². The van der Waals surface area contributed by atoms with Crippen LogP contribution in [0.1, 0.15) is 38.2 Å². The fourth-order valence-electron chi connectivity index (χ4n) is 4.64. The van der Waals surface area contributed by atoms with Gasteiger partial charge in [-0.3, -0.25) is 9.26 Å². The normalized spacial score (nSPS) is 17.0. The monoisotopic (exact) mass is 539 g/mol. The number of carbonyl (C=O) groups excluding carboxylic acids is 1. The highest BCUT2D eigenvalue weighted by molar-refractivity contribution is 7.85. The third kappa shape index (κ3) is 4.85. The summed E-state index contributed by atoms with van der Waals surface area (Å²) in [7, 11) is -4.23. The van der Waals surface area contributed by atoms with Crippen LogP contribution in [0.15, 0.2) is 65.6 Å². The number of aliphatic hydroxyl groups is 1. The molecule has 0 spiro atoms. The Morgan fingerprint density at radius 2 is 1.87 bits per heavy atom. The number of sulfonamides is 1. The predicted molar refractivity (Wildman–Crippen MR) is 139 cm³/mol. The van der Waals surface area contributed by atoms with Gasteiger partial charge in [-0.2, -0.15) is 8.42 Å². The Balaban J connectivity index is 1.31. The molecule has 10 nitrogen and oxygen atoms in total. The van der Waals surface area contributed by atoms with Crippen LogP contribution in [-0.4, -0.2) is 43.9 Å². The van der Waals surface area contributed by atoms with Crippen molar-refractivity contribution < 1.29 is 32.3 Å². The van der Waals surface area contributed by atoms with E-state index in [0.29, 0.717) is 54.3 Å². The highest BCUT2D eigenvalue weighted by Gasteiger charge is 2.51. The summed E-state index contributed by atoms with van der Waals surface area (Å²) >= 11 is 0. The molecule has 2 aliphatic rings. The van der Waals surface area contributed by atoms with Crippen molar-refractivity contribution >= 4 is 21.7 Å². The molecule has 1 unspecified atom stereocenters. The molecule has 1 saturated carbocycles. The number of amides is 1. The second-order valence-electron chi connectivity index (χ2n) is 9.53. The van der Waals surface area contributed by atoms with Gasteiger partial charge >= 0.3 is 10.0 Å². The van der Waals surface area contributed by atoms with Gasteiger partial charge in [0.1, 0.15) is 16.8 Å². The third-order valence-corrected chi connectivity index (χ3v) is 8.77. The molecule has 1 amide bonds. The Hall–Kier alpha value is -3.51. The number of aliphatic hydroxyl groups excluding tert-OH is 1. The van der Waals surface area contributed by atoms with Crippen molar-refractivity contribution in [3.63, 3.8) is 0 Å². The first-order chi connectivity index (χ1) is 18.3. The number of nitrogens with zero attached hydrogens (tertiary/aromatic N) is 1. The predicted octanol–water partition coefficient (Wildman–Crippen LogP) is 2.38. The third-order valence-electron chi connectivity index (χ3n) is 7.02. The summed E-state index contributed by atoms with van der Waals surface area (Å²) in [6.07, 6.45) is 2.30. The summed E-state index contributed by atoms with van der Waals surface area (Å²) in [5.74, 6) is 1.51. The quantitative estimate of drug-likeness (QED) is 0.334. The number of aromatic nitrogens is 1. The molecule has 1 fully saturated rings. The van der Waals surface area contributed by atoms with Crippen molar-refractivity contribution in [3.8, 4) is 22.8 Å². The summed E-state index contributed by atoms with van der Waals surface area (Å²) in [5.41, 5.74) is 1.37. The van der Waals surface area contributed by atoms with E-state index in [9.17, 15) is 23.5 Å². The molecule has 5 rings (SSSR count). The second-order valence-corrected chi connectivity index (χ2v) is 11.4. The number of anilines is 1. The molecule has 38 heavy (non-hydrogen) atoms. The smallest absolute Gasteiger partial charge is 0.325 e. The van der Waals surface area contributed by atoms with Crippen LogP contribution in [0.25, 0.3) is 11.3 Å². The van der Waals surface area contributed by atoms with Crippen molar-refractivity contribution in [2.24, 2.45) is 0 Å². The summed E-state index contributed by atoms with van der Waals surface area (Å²) in [6.45, 7) is 1.48. The maximum Gasteiger partial charge on any atom is 0.325 e. The molecule has 0 saturated heterocycles. The Morgan fingerprint density at radius 1 is 1.13 bits per heavy atom. The number of fused-ring (bicyclic) bond motifs is 1. The zero-order valence-corrected chi connectivity index (χ0v) is 21.7. The molecule has 1 aliphatic carbocycles. The van der Waals surface area contributed by atoms with Crippen molar-refractivity contribution in [2.75, 3.05) is 18.7 Å². The number of hydrogen-bond acceptors (Lipinski definition) is 8. The lowest BCUT2D eigenvalue weighted by Gasteiger charge is -2.28. The molecule has 3 aromatic rings. The Bertz CT molecular complexity index is 1440. The van der Waals surface area contributed by atoms with Crippen molar-refractivity contribution in [1.82, 2.24) is 4.98 Å². The van der Waals surface area contributed by atoms with E-state index >= 15 is 0 Å². The van der Waals surface area contributed by atoms with Gasteiger partial charge in [0.25, 0.3) is 0 Å². The molecule has 0 radical (unpaired) electrons. The van der Waals surface area contributed by atoms with Gasteiger partial charge in [-0.1, -0.05) is 37.6 Å². The van der Waals surface area contributed by atoms with Crippen LogP contribution in [0, 0.1) is 5.21 Å². The number of rotatable bonds is 10. The van der Waals surface area contributed by atoms with Crippen LogP contribution < -0.4 is 19.3 Å². The van der Waals surface area contributed by atoms with Crippen LogP contribution in [0.3, 0.4) is 0 Å². The van der Waals surface area contributed by atoms with Gasteiger partial charge in [0.15, 0.2) is 11.5 Å². The number of hydroxylamine groups is 1. The number of carbonyl (C=O) groups is 1. The SMILES string of the molecule is CCC[C@H](CO)[NH+]([O-])S(=O)(=O)c1ccc(-c2cccc(NC(=O)C3(c4ccc5c(c4)OCO5)CC3)n2)cc1. The lowest BCUT2D eigenvalue weighted by atomic mass is 9.94. The minimum absolute atomic E-state index is 0.135. The first-order valence-corrected chi connectivity index (χ1v) is 14.0. The Kier molecular flexibility index (Phi) is 7.10. The van der Waals surface area contributed by atoms with Gasteiger partial charge in [-0.05, 0) is 54.8 Å². The van der Waals surface area contributed by atoms with Gasteiger partial charge in [-0.15, -0.1) is 0 Å². The minimum Gasteiger partial charge on any atom is -0.618 e. The molecule has 3 N–H and O–H groups in total. The van der Waals surface area contributed by atoms with Crippen LogP contribution >= 0.6 is 0 Å². The lowest BCUT2D eigenvalue weighted by Crippen LogP contribution is -3.13. The van der Waals surface area contributed by atoms with E-state index in [4.69, 9.17) is 9.47 Å². The van der Waals surface area contributed by atoms with Gasteiger partial charge in [-0.25, -0.2) is 4.98 Å². The number of hydrogen-bond donors (Lipinski definition) is 3. The van der Waals surface area contributed by atoms with Crippen molar-refractivity contribution in [1.29, 1.82) is 0 Å². The van der Waals surface area contributed by atoms with Crippen LogP contribution in [0.4, 0.5) is 5.82 Å². The molecular formula is C27H29N3O7S. The Labute approximate surface area is 220 Å². The molecule has 2 aromatic carbocycles. The topological polar surface area (TPSA) is 142 Å². The minimum atomic E-state index is -4.23. The fourth-order valence-corrected chi connectivity index (χ4v) is 6.00. The average molecular weight is 540 g/mol. The fraction of sp³-hybridized carbons (Fsp3) is 0.333. The highest BCUT2D eigenvalue weighted by atomic mass is 32.2. The standard InChI is InChI=1S/C27H29N3O7S/c1-2-4-20(16-31)30(33)38(34,35)21-10-7-18(8-11-21)22-5-3-6-25(28-22)29-26(32)27(13-14-27)19-9-12-23-24(15-19)37-17-36-23/h3,5-12,15,20,30-31H,2,4,13-14,16-17H2,1H3,(H,28,29,32)/t20-/m1/s1. The second kappa shape index (κ2) is 10.3. The number of ether oxygens (including phenoxy) is 2. The first kappa shape index (κ1) is 26.1. The lowest BCUT2D eigenvalue weighted by molar-refractivity contribution is -0.743. The first-order valence-electron chi connectivity index (χ1n) is 12.5. The highest BCUT2D eigenvalue weighted by Crippen LogP contribution is 2.51. The van der Waals surface area contributed by atoms with E-state index in [0.717, 1.165) is 5.56 Å². The largest absolute Gasteiger partial charge is 0.618 e. The van der Waals surface area contributed by atoms with Crippen molar-refractivity contribution in [2.45, 2.75) is 49.0 Å². The summed E-state index contributed by atoms with van der Waals surface area (Å²) in [4.78, 5) is 17.7. The van der Waals surface area contributed by atoms with Gasteiger partial charge in [0.2, 0.25) is 12.7 Å². The molecule has 1 aliphatic heterocycles. The molecule has 11 heteroatoms. The summed E-state index contributed by atoms with van der Waals surface area (Å²) in [5, 5.41) is 24.9. The molecule has 2 atom stereocenters. The zero-order valence-electron chi connectivity index (χ0n) is 20.8. The van der Waals surface area contributed by atoms with E-state index < -0.39 is 32.6 Å². The number of nitrogens with one attached hydrogen (secondary N) is 2. The van der Waals surface area contributed by atoms with Crippen molar-refractivity contribution in [3.05, 3.63) is 71.4 Å². The summed E-state index contributed by atoms with van der Waals surface area (Å²) in [6, 6.07) is 15.6. The van der Waals surface area contributed by atoms with E-state index in [1.807, 2.05) is 25.1 Å². The molecule has 2 heterocycles. The number of pyridine rings is 1. The van der Waals surface area contributed by atoms with Gasteiger partial charge in [0, 0.05) is 12.0 Å². The Morgan fingerprint density at radius 3 is 2.55 bits per heavy atom. The van der Waals surface area contributed by atoms with Gasteiger partial charge < -0.3 is 25.1 Å². The molecule has 200 valence electrons. The molecule has 1 aromatic heterocycles. The van der Waals surface area contributed by atoms with Crippen LogP contribution in [0.2, 0.25) is 0 Å². The maximum atomic E-state index is 13.3. The zero-order chi connectivity index (χ0) is 26.9. The van der Waals surface area contributed by atoms with E-state index in [1.165, 1.54) is 12.1 Å². The van der Waals surface area contributed by atoms with E-state index in [-0.39, 0.29) is 17.6 Å². The van der Waals surface area contributed by atoms with E-state index in [2.05, 4.69) is 10.3 Å². The molecule has 0 bridgehead atoms. The van der Waals surface area contributed by atoms with Crippen LogP contribution in [0.5, 0.6) is 11.5 Å². The number of benzene rings is 2. The number of quaternary nitrogens is 1. The van der Waals surface area contributed by atoms with E-state index in [1.54, 1.807) is 30.3 Å². The summed E-state index contributed by atoms with van der Waals surface area (Å²) < 4.78 is 35.4. The van der Waals surface area contributed by atoms with Crippen LogP contribution in [-0.2, 0) is 20.2 Å². The average Bonchev–Trinajstić information content (AvgIpc) is 3.62.